The van der Waals surface area contributed by atoms with Crippen molar-refractivity contribution < 1.29 is 19.8 Å². The molecular weight excluding hydrogens is 437 g/mol. The van der Waals surface area contributed by atoms with Crippen molar-refractivity contribution in [1.82, 2.24) is 5.43 Å². The van der Waals surface area contributed by atoms with Gasteiger partial charge in [0.1, 0.15) is 11.5 Å². The van der Waals surface area contributed by atoms with Crippen LogP contribution in [0.5, 0.6) is 11.5 Å². The summed E-state index contributed by atoms with van der Waals surface area (Å²) in [6, 6.07) is 10.9. The van der Waals surface area contributed by atoms with Crippen LogP contribution in [0, 0.1) is 3.57 Å². The third kappa shape index (κ3) is 5.75. The summed E-state index contributed by atoms with van der Waals surface area (Å²) in [5.41, 5.74) is 3.31. The van der Waals surface area contributed by atoms with Crippen LogP contribution in [-0.2, 0) is 4.79 Å². The van der Waals surface area contributed by atoms with Gasteiger partial charge in [-0.05, 0) is 65.9 Å². The van der Waals surface area contributed by atoms with Crippen molar-refractivity contribution in [2.75, 3.05) is 5.32 Å². The predicted molar refractivity (Wildman–Crippen MR) is 103 cm³/mol. The Kier molecular flexibility index (Phi) is 6.34. The summed E-state index contributed by atoms with van der Waals surface area (Å²) in [7, 11) is 0. The molecule has 0 aliphatic heterocycles. The summed E-state index contributed by atoms with van der Waals surface area (Å²) in [6.07, 6.45) is 0.00776. The van der Waals surface area contributed by atoms with Crippen LogP contribution in [0.2, 0.25) is 0 Å². The fourth-order valence-corrected chi connectivity index (χ4v) is 2.29. The van der Waals surface area contributed by atoms with E-state index in [-0.39, 0.29) is 29.4 Å². The molecule has 0 saturated heterocycles. The van der Waals surface area contributed by atoms with E-state index in [9.17, 15) is 19.8 Å². The molecule has 4 N–H and O–H groups in total. The number of phenols is 2. The van der Waals surface area contributed by atoms with E-state index in [1.807, 2.05) is 12.1 Å². The number of hydrogen-bond donors (Lipinski definition) is 4. The number of nitrogens with zero attached hydrogens (tertiary/aromatic N) is 1. The van der Waals surface area contributed by atoms with E-state index in [4.69, 9.17) is 0 Å². The van der Waals surface area contributed by atoms with Gasteiger partial charge >= 0.3 is 0 Å². The van der Waals surface area contributed by atoms with Gasteiger partial charge in [-0.3, -0.25) is 9.59 Å². The maximum atomic E-state index is 11.9. The normalized spacial score (nSPS) is 11.0. The molecule has 0 heterocycles. The third-order valence-electron chi connectivity index (χ3n) is 3.12. The molecule has 25 heavy (non-hydrogen) atoms. The van der Waals surface area contributed by atoms with Gasteiger partial charge in [0, 0.05) is 21.0 Å². The summed E-state index contributed by atoms with van der Waals surface area (Å²) in [5, 5.41) is 25.4. The molecule has 0 radical (unpaired) electrons. The van der Waals surface area contributed by atoms with Gasteiger partial charge in [-0.1, -0.05) is 0 Å². The van der Waals surface area contributed by atoms with Gasteiger partial charge in [0.25, 0.3) is 5.91 Å². The maximum Gasteiger partial charge on any atom is 0.275 e. The SMILES string of the molecule is C/C(CC(=O)Nc1ccc(I)cc1)=N/NC(=O)c1ccc(O)cc1O. The highest BCUT2D eigenvalue weighted by molar-refractivity contribution is 14.1. The molecule has 0 fully saturated rings. The van der Waals surface area contributed by atoms with Crippen LogP contribution in [0.25, 0.3) is 0 Å². The zero-order chi connectivity index (χ0) is 18.4. The number of hydrogen-bond acceptors (Lipinski definition) is 5. The van der Waals surface area contributed by atoms with E-state index in [2.05, 4.69) is 38.4 Å². The largest absolute Gasteiger partial charge is 0.508 e. The highest BCUT2D eigenvalue weighted by atomic mass is 127. The number of nitrogens with one attached hydrogen (secondary N) is 2. The molecule has 0 bridgehead atoms. The number of carbonyl (C=O) groups excluding carboxylic acids is 2. The number of anilines is 1. The average Bonchev–Trinajstić information content (AvgIpc) is 2.54. The second kappa shape index (κ2) is 8.47. The fraction of sp³-hybridized carbons (Fsp3) is 0.118. The van der Waals surface area contributed by atoms with Crippen molar-refractivity contribution in [2.24, 2.45) is 5.10 Å². The Labute approximate surface area is 157 Å². The number of benzene rings is 2. The molecule has 2 rings (SSSR count). The second-order valence-electron chi connectivity index (χ2n) is 5.22. The molecule has 0 aliphatic carbocycles. The first kappa shape index (κ1) is 18.7. The van der Waals surface area contributed by atoms with E-state index in [0.717, 1.165) is 9.64 Å². The lowest BCUT2D eigenvalue weighted by Crippen LogP contribution is -2.21. The van der Waals surface area contributed by atoms with Gasteiger partial charge in [0.15, 0.2) is 0 Å². The van der Waals surface area contributed by atoms with Gasteiger partial charge in [-0.25, -0.2) is 5.43 Å². The lowest BCUT2D eigenvalue weighted by molar-refractivity contribution is -0.115. The number of phenolic OH excluding ortho intramolecular Hbond substituents is 2. The maximum absolute atomic E-state index is 11.9. The summed E-state index contributed by atoms with van der Waals surface area (Å²) in [6.45, 7) is 1.60. The highest BCUT2D eigenvalue weighted by Crippen LogP contribution is 2.22. The van der Waals surface area contributed by atoms with Gasteiger partial charge < -0.3 is 15.5 Å². The van der Waals surface area contributed by atoms with Gasteiger partial charge in [-0.2, -0.15) is 5.10 Å². The van der Waals surface area contributed by atoms with Crippen LogP contribution in [0.4, 0.5) is 5.69 Å². The first-order chi connectivity index (χ1) is 11.8. The molecule has 2 amide bonds. The smallest absolute Gasteiger partial charge is 0.275 e. The molecule has 0 saturated carbocycles. The van der Waals surface area contributed by atoms with E-state index in [1.54, 1.807) is 19.1 Å². The summed E-state index contributed by atoms with van der Waals surface area (Å²) < 4.78 is 1.06. The first-order valence-corrected chi connectivity index (χ1v) is 8.34. The fourth-order valence-electron chi connectivity index (χ4n) is 1.93. The van der Waals surface area contributed by atoms with Crippen molar-refractivity contribution in [3.05, 3.63) is 51.6 Å². The predicted octanol–water partition coefficient (Wildman–Crippen LogP) is 2.84. The van der Waals surface area contributed by atoms with Gasteiger partial charge in [0.05, 0.1) is 12.0 Å². The monoisotopic (exact) mass is 453 g/mol. The lowest BCUT2D eigenvalue weighted by Gasteiger charge is -2.06. The van der Waals surface area contributed by atoms with Crippen molar-refractivity contribution in [3.63, 3.8) is 0 Å². The molecule has 8 heteroatoms. The third-order valence-corrected chi connectivity index (χ3v) is 3.84. The van der Waals surface area contributed by atoms with E-state index in [1.165, 1.54) is 12.1 Å². The molecule has 0 atom stereocenters. The molecule has 0 aliphatic rings. The lowest BCUT2D eigenvalue weighted by atomic mass is 10.2. The van der Waals surface area contributed by atoms with E-state index < -0.39 is 5.91 Å². The Hall–Kier alpha value is -2.62. The van der Waals surface area contributed by atoms with Crippen LogP contribution >= 0.6 is 22.6 Å². The second-order valence-corrected chi connectivity index (χ2v) is 6.47. The summed E-state index contributed by atoms with van der Waals surface area (Å²) >= 11 is 2.17. The Morgan fingerprint density at radius 1 is 1.12 bits per heavy atom. The van der Waals surface area contributed by atoms with Crippen LogP contribution < -0.4 is 10.7 Å². The molecule has 130 valence electrons. The zero-order valence-corrected chi connectivity index (χ0v) is 15.4. The van der Waals surface area contributed by atoms with Crippen LogP contribution in [0.1, 0.15) is 23.7 Å². The minimum atomic E-state index is -0.644. The molecule has 0 spiro atoms. The number of amides is 2. The topological polar surface area (TPSA) is 111 Å². The summed E-state index contributed by atoms with van der Waals surface area (Å²) in [5.74, 6) is -1.41. The van der Waals surface area contributed by atoms with Crippen molar-refractivity contribution in [3.8, 4) is 11.5 Å². The van der Waals surface area contributed by atoms with Crippen molar-refractivity contribution in [2.45, 2.75) is 13.3 Å². The van der Waals surface area contributed by atoms with Crippen LogP contribution in [-0.4, -0.2) is 27.7 Å². The molecular formula is C17H16IN3O4. The first-order valence-electron chi connectivity index (χ1n) is 7.26. The van der Waals surface area contributed by atoms with Gasteiger partial charge in [-0.15, -0.1) is 0 Å². The molecule has 2 aromatic carbocycles. The van der Waals surface area contributed by atoms with Crippen LogP contribution in [0.15, 0.2) is 47.6 Å². The number of aromatic hydroxyl groups is 2. The van der Waals surface area contributed by atoms with Crippen LogP contribution in [0.3, 0.4) is 0 Å². The quantitative estimate of drug-likeness (QED) is 0.317. The Balaban J connectivity index is 1.91. The average molecular weight is 453 g/mol. The Morgan fingerprint density at radius 3 is 2.44 bits per heavy atom. The van der Waals surface area contributed by atoms with E-state index >= 15 is 0 Å². The minimum absolute atomic E-state index is 0.00776. The highest BCUT2D eigenvalue weighted by Gasteiger charge is 2.11. The minimum Gasteiger partial charge on any atom is -0.508 e. The standard InChI is InChI=1S/C17H16IN3O4/c1-10(8-16(24)19-12-4-2-11(18)3-5-12)20-21-17(25)14-7-6-13(22)9-15(14)23/h2-7,9,22-23H,8H2,1H3,(H,19,24)(H,21,25)/b20-10-. The molecule has 2 aromatic rings. The number of carbonyl (C=O) groups is 2. The molecule has 0 aromatic heterocycles. The zero-order valence-electron chi connectivity index (χ0n) is 13.3. The Bertz CT molecular complexity index is 819. The number of rotatable bonds is 5. The summed E-state index contributed by atoms with van der Waals surface area (Å²) in [4.78, 5) is 23.9. The van der Waals surface area contributed by atoms with Crippen molar-refractivity contribution in [1.29, 1.82) is 0 Å². The number of halogens is 1. The molecule has 7 nitrogen and oxygen atoms in total. The van der Waals surface area contributed by atoms with E-state index in [0.29, 0.717) is 11.4 Å². The number of hydrazone groups is 1. The van der Waals surface area contributed by atoms with Gasteiger partial charge in [0.2, 0.25) is 5.91 Å². The Morgan fingerprint density at radius 2 is 1.80 bits per heavy atom. The molecule has 0 unspecified atom stereocenters. The van der Waals surface area contributed by atoms with Crippen molar-refractivity contribution >= 4 is 45.8 Å².